The van der Waals surface area contributed by atoms with Crippen molar-refractivity contribution in [3.63, 3.8) is 0 Å². The van der Waals surface area contributed by atoms with Crippen LogP contribution in [0.2, 0.25) is 0 Å². The number of rotatable bonds is 2. The smallest absolute Gasteiger partial charge is 0.314 e. The molecule has 1 saturated heterocycles. The maximum atomic E-state index is 11.1. The Morgan fingerprint density at radius 1 is 1.45 bits per heavy atom. The van der Waals surface area contributed by atoms with Gasteiger partial charge in [0.15, 0.2) is 0 Å². The molecular weight excluding hydrogens is 254 g/mol. The van der Waals surface area contributed by atoms with Gasteiger partial charge in [0, 0.05) is 24.8 Å². The van der Waals surface area contributed by atoms with Crippen molar-refractivity contribution >= 4 is 22.8 Å². The zero-order valence-corrected chi connectivity index (χ0v) is 11.5. The molecule has 6 nitrogen and oxygen atoms in total. The first-order valence-corrected chi connectivity index (χ1v) is 6.89. The summed E-state index contributed by atoms with van der Waals surface area (Å²) in [6.07, 6.45) is 1.84. The van der Waals surface area contributed by atoms with E-state index < -0.39 is 0 Å². The molecule has 1 aromatic heterocycles. The van der Waals surface area contributed by atoms with Crippen LogP contribution in [0.15, 0.2) is 18.2 Å². The molecule has 0 aliphatic carbocycles. The van der Waals surface area contributed by atoms with E-state index in [-0.39, 0.29) is 6.03 Å². The number of nitrogens with one attached hydrogen (secondary N) is 2. The zero-order chi connectivity index (χ0) is 14.1. The minimum absolute atomic E-state index is 0.321. The first-order valence-electron chi connectivity index (χ1n) is 6.89. The van der Waals surface area contributed by atoms with Gasteiger partial charge in [-0.25, -0.2) is 9.78 Å². The van der Waals surface area contributed by atoms with E-state index in [2.05, 4.69) is 21.4 Å². The molecule has 1 aliphatic rings. The molecule has 0 spiro atoms. The van der Waals surface area contributed by atoms with Gasteiger partial charge in [-0.1, -0.05) is 0 Å². The van der Waals surface area contributed by atoms with E-state index in [1.54, 1.807) is 4.90 Å². The molecule has 0 bridgehead atoms. The number of nitrogens with zero attached hydrogens (tertiary/aromatic N) is 2. The number of hydrogen-bond donors (Lipinski definition) is 3. The fourth-order valence-electron chi connectivity index (χ4n) is 2.71. The van der Waals surface area contributed by atoms with Gasteiger partial charge in [0.1, 0.15) is 5.82 Å². The van der Waals surface area contributed by atoms with Crippen LogP contribution >= 0.6 is 0 Å². The van der Waals surface area contributed by atoms with Crippen LogP contribution in [0.25, 0.3) is 11.0 Å². The average molecular weight is 273 g/mol. The molecule has 20 heavy (non-hydrogen) atoms. The van der Waals surface area contributed by atoms with Gasteiger partial charge in [0.25, 0.3) is 0 Å². The van der Waals surface area contributed by atoms with Crippen LogP contribution in [0.3, 0.4) is 0 Å². The Hall–Kier alpha value is -2.24. The number of imidazole rings is 1. The summed E-state index contributed by atoms with van der Waals surface area (Å²) in [7, 11) is 0. The molecule has 1 aliphatic heterocycles. The summed E-state index contributed by atoms with van der Waals surface area (Å²) in [5, 5.41) is 3.52. The Labute approximate surface area is 117 Å². The lowest BCUT2D eigenvalue weighted by atomic mass is 10.0. The zero-order valence-electron chi connectivity index (χ0n) is 11.5. The van der Waals surface area contributed by atoms with E-state index >= 15 is 0 Å². The van der Waals surface area contributed by atoms with Gasteiger partial charge in [-0.15, -0.1) is 0 Å². The summed E-state index contributed by atoms with van der Waals surface area (Å²) >= 11 is 0. The molecule has 6 heteroatoms. The van der Waals surface area contributed by atoms with E-state index in [0.29, 0.717) is 6.04 Å². The number of aromatic amines is 1. The van der Waals surface area contributed by atoms with Crippen LogP contribution in [0, 0.1) is 6.92 Å². The predicted molar refractivity (Wildman–Crippen MR) is 78.6 cm³/mol. The lowest BCUT2D eigenvalue weighted by molar-refractivity contribution is 0.193. The Morgan fingerprint density at radius 2 is 2.20 bits per heavy atom. The van der Waals surface area contributed by atoms with Gasteiger partial charge in [-0.05, 0) is 38.0 Å². The first kappa shape index (κ1) is 12.8. The molecule has 2 heterocycles. The normalized spacial score (nSPS) is 16.6. The number of primary amides is 1. The molecule has 0 radical (unpaired) electrons. The Bertz CT molecular complexity index is 628. The number of H-pyrrole nitrogens is 1. The van der Waals surface area contributed by atoms with Gasteiger partial charge < -0.3 is 20.9 Å². The number of likely N-dealkylation sites (tertiary alicyclic amines) is 1. The monoisotopic (exact) mass is 273 g/mol. The second-order valence-electron chi connectivity index (χ2n) is 5.30. The van der Waals surface area contributed by atoms with Crippen molar-refractivity contribution in [2.24, 2.45) is 5.73 Å². The highest BCUT2D eigenvalue weighted by Gasteiger charge is 2.20. The van der Waals surface area contributed by atoms with E-state index in [4.69, 9.17) is 5.73 Å². The molecule has 4 N–H and O–H groups in total. The predicted octanol–water partition coefficient (Wildman–Crippen LogP) is 1.83. The second-order valence-corrected chi connectivity index (χ2v) is 5.30. The maximum Gasteiger partial charge on any atom is 0.314 e. The van der Waals surface area contributed by atoms with E-state index in [0.717, 1.165) is 48.5 Å². The molecule has 1 aromatic carbocycles. The molecule has 3 rings (SSSR count). The van der Waals surface area contributed by atoms with Crippen molar-refractivity contribution < 1.29 is 4.79 Å². The molecule has 106 valence electrons. The fraction of sp³-hybridized carbons (Fsp3) is 0.429. The highest BCUT2D eigenvalue weighted by molar-refractivity contribution is 5.79. The van der Waals surface area contributed by atoms with Crippen molar-refractivity contribution in [3.05, 3.63) is 24.0 Å². The highest BCUT2D eigenvalue weighted by atomic mass is 16.2. The van der Waals surface area contributed by atoms with Gasteiger partial charge in [0.05, 0.1) is 11.0 Å². The van der Waals surface area contributed by atoms with Gasteiger partial charge >= 0.3 is 6.03 Å². The fourth-order valence-corrected chi connectivity index (χ4v) is 2.71. The number of fused-ring (bicyclic) bond motifs is 1. The van der Waals surface area contributed by atoms with Crippen molar-refractivity contribution in [1.82, 2.24) is 14.9 Å². The first-order chi connectivity index (χ1) is 9.61. The van der Waals surface area contributed by atoms with E-state index in [9.17, 15) is 4.79 Å². The number of aryl methyl sites for hydroxylation is 1. The van der Waals surface area contributed by atoms with Crippen LogP contribution in [0.4, 0.5) is 10.5 Å². The number of amides is 2. The highest BCUT2D eigenvalue weighted by Crippen LogP contribution is 2.20. The largest absolute Gasteiger partial charge is 0.382 e. The maximum absolute atomic E-state index is 11.1. The van der Waals surface area contributed by atoms with Crippen molar-refractivity contribution in [3.8, 4) is 0 Å². The number of urea groups is 1. The van der Waals surface area contributed by atoms with Crippen LogP contribution in [0.5, 0.6) is 0 Å². The number of piperidine rings is 1. The quantitative estimate of drug-likeness (QED) is 0.780. The molecule has 2 amide bonds. The molecule has 0 saturated carbocycles. The van der Waals surface area contributed by atoms with Crippen LogP contribution in [-0.4, -0.2) is 40.0 Å². The standard InChI is InChI=1S/C14H19N5O/c1-9-16-12-3-2-11(8-13(12)17-9)18-10-4-6-19(7-5-10)14(15)20/h2-3,8,10,18H,4-7H2,1H3,(H2,15,20)(H,16,17). The SMILES string of the molecule is Cc1nc2ccc(NC3CCN(C(N)=O)CC3)cc2[nH]1. The third-order valence-electron chi connectivity index (χ3n) is 3.78. The molecule has 0 atom stereocenters. The summed E-state index contributed by atoms with van der Waals surface area (Å²) < 4.78 is 0. The number of benzene rings is 1. The average Bonchev–Trinajstić information content (AvgIpc) is 2.78. The van der Waals surface area contributed by atoms with Gasteiger partial charge in [-0.3, -0.25) is 0 Å². The number of carbonyl (C=O) groups excluding carboxylic acids is 1. The molecule has 0 unspecified atom stereocenters. The number of nitrogens with two attached hydrogens (primary N) is 1. The van der Waals surface area contributed by atoms with Crippen LogP contribution in [-0.2, 0) is 0 Å². The van der Waals surface area contributed by atoms with Crippen molar-refractivity contribution in [1.29, 1.82) is 0 Å². The minimum atomic E-state index is -0.321. The number of aromatic nitrogens is 2. The lowest BCUT2D eigenvalue weighted by Gasteiger charge is -2.31. The summed E-state index contributed by atoms with van der Waals surface area (Å²) in [6.45, 7) is 3.39. The summed E-state index contributed by atoms with van der Waals surface area (Å²) in [5.41, 5.74) is 8.39. The van der Waals surface area contributed by atoms with Crippen molar-refractivity contribution in [2.75, 3.05) is 18.4 Å². The third-order valence-corrected chi connectivity index (χ3v) is 3.78. The number of hydrogen-bond acceptors (Lipinski definition) is 3. The topological polar surface area (TPSA) is 87.0 Å². The Balaban J connectivity index is 1.66. The number of anilines is 1. The van der Waals surface area contributed by atoms with Crippen LogP contribution < -0.4 is 11.1 Å². The molecule has 1 fully saturated rings. The van der Waals surface area contributed by atoms with Gasteiger partial charge in [-0.2, -0.15) is 0 Å². The van der Waals surface area contributed by atoms with E-state index in [1.807, 2.05) is 19.1 Å². The van der Waals surface area contributed by atoms with E-state index in [1.165, 1.54) is 0 Å². The third kappa shape index (κ3) is 2.54. The number of carbonyl (C=O) groups is 1. The summed E-state index contributed by atoms with van der Waals surface area (Å²) in [5.74, 6) is 0.923. The van der Waals surface area contributed by atoms with Crippen molar-refractivity contribution in [2.45, 2.75) is 25.8 Å². The summed E-state index contributed by atoms with van der Waals surface area (Å²) in [4.78, 5) is 20.4. The summed E-state index contributed by atoms with van der Waals surface area (Å²) in [6, 6.07) is 6.20. The molecule has 2 aromatic rings. The Morgan fingerprint density at radius 3 is 2.90 bits per heavy atom. The second kappa shape index (κ2) is 5.03. The van der Waals surface area contributed by atoms with Gasteiger partial charge in [0.2, 0.25) is 0 Å². The lowest BCUT2D eigenvalue weighted by Crippen LogP contribution is -2.44. The Kier molecular flexibility index (Phi) is 3.22. The minimum Gasteiger partial charge on any atom is -0.382 e. The van der Waals surface area contributed by atoms with Crippen LogP contribution in [0.1, 0.15) is 18.7 Å². The molecular formula is C14H19N5O.